The number of rotatable bonds is 4. The predicted octanol–water partition coefficient (Wildman–Crippen LogP) is 3.12. The number of pyridine rings is 1. The van der Waals surface area contributed by atoms with Crippen molar-refractivity contribution in [3.05, 3.63) is 54.9 Å². The zero-order valence-electron chi connectivity index (χ0n) is 16.3. The fourth-order valence-corrected chi connectivity index (χ4v) is 3.78. The summed E-state index contributed by atoms with van der Waals surface area (Å²) in [7, 11) is 0. The van der Waals surface area contributed by atoms with E-state index in [0.29, 0.717) is 23.7 Å². The van der Waals surface area contributed by atoms with Gasteiger partial charge in [-0.25, -0.2) is 0 Å². The Balaban J connectivity index is 1.25. The van der Waals surface area contributed by atoms with E-state index < -0.39 is 0 Å². The Hall–Kier alpha value is -3.68. The first-order valence-electron chi connectivity index (χ1n) is 9.96. The van der Waals surface area contributed by atoms with Crippen LogP contribution in [0.15, 0.2) is 54.9 Å². The van der Waals surface area contributed by atoms with Crippen LogP contribution in [0.25, 0.3) is 11.3 Å². The lowest BCUT2D eigenvalue weighted by atomic mass is 9.97. The average Bonchev–Trinajstić information content (AvgIpc) is 3.28. The highest BCUT2D eigenvalue weighted by atomic mass is 16.7. The second-order valence-corrected chi connectivity index (χ2v) is 7.36. The molecule has 1 N–H and O–H groups in total. The number of aromatic nitrogens is 3. The first-order valence-corrected chi connectivity index (χ1v) is 9.96. The van der Waals surface area contributed by atoms with E-state index in [2.05, 4.69) is 25.4 Å². The lowest BCUT2D eigenvalue weighted by Gasteiger charge is -2.32. The molecule has 2 aliphatic heterocycles. The molecule has 152 valence electrons. The molecule has 1 amide bonds. The van der Waals surface area contributed by atoms with Crippen molar-refractivity contribution in [3.8, 4) is 22.8 Å². The van der Waals surface area contributed by atoms with Crippen LogP contribution in [0.5, 0.6) is 11.5 Å². The van der Waals surface area contributed by atoms with Crippen LogP contribution in [-0.4, -0.2) is 41.0 Å². The van der Waals surface area contributed by atoms with Gasteiger partial charge in [-0.05, 0) is 49.2 Å². The zero-order valence-corrected chi connectivity index (χ0v) is 16.3. The maximum atomic E-state index is 12.8. The number of hydrogen-bond donors (Lipinski definition) is 1. The summed E-state index contributed by atoms with van der Waals surface area (Å²) >= 11 is 0. The second kappa shape index (κ2) is 7.98. The van der Waals surface area contributed by atoms with Gasteiger partial charge >= 0.3 is 0 Å². The molecule has 1 saturated heterocycles. The Morgan fingerprint density at radius 3 is 2.87 bits per heavy atom. The monoisotopic (exact) mass is 403 g/mol. The number of nitrogens with zero attached hydrogens (tertiary/aromatic N) is 4. The van der Waals surface area contributed by atoms with Gasteiger partial charge in [-0.2, -0.15) is 0 Å². The lowest BCUT2D eigenvalue weighted by molar-refractivity contribution is -0.120. The van der Waals surface area contributed by atoms with Crippen molar-refractivity contribution in [1.29, 1.82) is 0 Å². The van der Waals surface area contributed by atoms with Gasteiger partial charge in [0, 0.05) is 42.8 Å². The van der Waals surface area contributed by atoms with E-state index in [1.54, 1.807) is 18.5 Å². The Kier molecular flexibility index (Phi) is 4.88. The summed E-state index contributed by atoms with van der Waals surface area (Å²) in [5.74, 6) is 2.01. The minimum Gasteiger partial charge on any atom is -0.454 e. The minimum atomic E-state index is -0.121. The van der Waals surface area contributed by atoms with Crippen molar-refractivity contribution in [2.45, 2.75) is 12.8 Å². The molecule has 8 nitrogen and oxygen atoms in total. The number of carbonyl (C=O) groups is 1. The fourth-order valence-electron chi connectivity index (χ4n) is 3.78. The van der Waals surface area contributed by atoms with Gasteiger partial charge in [-0.15, -0.1) is 10.2 Å². The van der Waals surface area contributed by atoms with Gasteiger partial charge in [-0.1, -0.05) is 0 Å². The molecule has 4 heterocycles. The van der Waals surface area contributed by atoms with Gasteiger partial charge in [0.2, 0.25) is 12.7 Å². The molecule has 8 heteroatoms. The third kappa shape index (κ3) is 3.76. The van der Waals surface area contributed by atoms with Crippen LogP contribution in [0.4, 0.5) is 11.5 Å². The number of carbonyl (C=O) groups excluding carboxylic acids is 1. The summed E-state index contributed by atoms with van der Waals surface area (Å²) in [6.45, 7) is 1.68. The molecule has 30 heavy (non-hydrogen) atoms. The SMILES string of the molecule is O=C(Nc1ccc2c(c1)OCO2)C1CCCN(c2ccc(-c3cccnc3)nn2)C1. The maximum absolute atomic E-state index is 12.8. The van der Waals surface area contributed by atoms with Gasteiger partial charge in [0.1, 0.15) is 0 Å². The van der Waals surface area contributed by atoms with Crippen molar-refractivity contribution in [1.82, 2.24) is 15.2 Å². The number of anilines is 2. The Labute approximate surface area is 173 Å². The summed E-state index contributed by atoms with van der Waals surface area (Å²) in [5.41, 5.74) is 2.42. The highest BCUT2D eigenvalue weighted by Gasteiger charge is 2.27. The quantitative estimate of drug-likeness (QED) is 0.716. The third-order valence-corrected chi connectivity index (χ3v) is 5.36. The summed E-state index contributed by atoms with van der Waals surface area (Å²) in [5, 5.41) is 11.7. The van der Waals surface area contributed by atoms with Crippen LogP contribution in [0, 0.1) is 5.92 Å². The molecule has 1 aromatic carbocycles. The normalized spacial score (nSPS) is 17.6. The van der Waals surface area contributed by atoms with Crippen molar-refractivity contribution < 1.29 is 14.3 Å². The molecule has 1 fully saturated rings. The topological polar surface area (TPSA) is 89.5 Å². The number of benzene rings is 1. The van der Waals surface area contributed by atoms with E-state index in [-0.39, 0.29) is 18.6 Å². The van der Waals surface area contributed by atoms with Crippen molar-refractivity contribution >= 4 is 17.4 Å². The molecule has 0 bridgehead atoms. The van der Waals surface area contributed by atoms with E-state index in [9.17, 15) is 4.79 Å². The lowest BCUT2D eigenvalue weighted by Crippen LogP contribution is -2.41. The number of nitrogens with one attached hydrogen (secondary N) is 1. The molecule has 2 aliphatic rings. The van der Waals surface area contributed by atoms with Crippen LogP contribution in [0.2, 0.25) is 0 Å². The van der Waals surface area contributed by atoms with Crippen LogP contribution >= 0.6 is 0 Å². The highest BCUT2D eigenvalue weighted by molar-refractivity contribution is 5.93. The molecule has 3 aromatic rings. The van der Waals surface area contributed by atoms with Crippen molar-refractivity contribution in [3.63, 3.8) is 0 Å². The minimum absolute atomic E-state index is 0.00138. The van der Waals surface area contributed by atoms with E-state index in [0.717, 1.165) is 36.5 Å². The fraction of sp³-hybridized carbons (Fsp3) is 0.273. The molecule has 2 aromatic heterocycles. The second-order valence-electron chi connectivity index (χ2n) is 7.36. The van der Waals surface area contributed by atoms with Gasteiger partial charge in [0.15, 0.2) is 17.3 Å². The summed E-state index contributed by atoms with van der Waals surface area (Å²) < 4.78 is 10.7. The number of ether oxygens (including phenoxy) is 2. The molecule has 0 saturated carbocycles. The van der Waals surface area contributed by atoms with Crippen LogP contribution in [-0.2, 0) is 4.79 Å². The largest absolute Gasteiger partial charge is 0.454 e. The maximum Gasteiger partial charge on any atom is 0.231 e. The zero-order chi connectivity index (χ0) is 20.3. The predicted molar refractivity (Wildman–Crippen MR) is 111 cm³/mol. The van der Waals surface area contributed by atoms with Crippen molar-refractivity contribution in [2.75, 3.05) is 30.1 Å². The molecule has 0 radical (unpaired) electrons. The van der Waals surface area contributed by atoms with Gasteiger partial charge < -0.3 is 19.7 Å². The Morgan fingerprint density at radius 2 is 2.03 bits per heavy atom. The number of hydrogen-bond acceptors (Lipinski definition) is 7. The summed E-state index contributed by atoms with van der Waals surface area (Å²) in [4.78, 5) is 19.1. The van der Waals surface area contributed by atoms with Crippen LogP contribution < -0.4 is 19.7 Å². The molecule has 0 aliphatic carbocycles. The van der Waals surface area contributed by atoms with Gasteiger partial charge in [0.25, 0.3) is 0 Å². The average molecular weight is 403 g/mol. The van der Waals surface area contributed by atoms with E-state index >= 15 is 0 Å². The third-order valence-electron chi connectivity index (χ3n) is 5.36. The molecular formula is C22H21N5O3. The van der Waals surface area contributed by atoms with Crippen LogP contribution in [0.1, 0.15) is 12.8 Å². The van der Waals surface area contributed by atoms with E-state index in [1.807, 2.05) is 36.4 Å². The Bertz CT molecular complexity index is 1040. The molecule has 1 atom stereocenters. The standard InChI is InChI=1S/C22H21N5O3/c28-22(24-17-5-7-19-20(11-17)30-14-29-19)16-4-2-10-27(13-16)21-8-6-18(25-26-21)15-3-1-9-23-12-15/h1,3,5-9,11-12,16H,2,4,10,13-14H2,(H,24,28). The first-order chi connectivity index (χ1) is 14.8. The molecule has 1 unspecified atom stereocenters. The smallest absolute Gasteiger partial charge is 0.231 e. The first kappa shape index (κ1) is 18.4. The van der Waals surface area contributed by atoms with E-state index in [4.69, 9.17) is 9.47 Å². The molecule has 0 spiro atoms. The van der Waals surface area contributed by atoms with Crippen LogP contribution in [0.3, 0.4) is 0 Å². The highest BCUT2D eigenvalue weighted by Crippen LogP contribution is 2.34. The number of fused-ring (bicyclic) bond motifs is 1. The molecular weight excluding hydrogens is 382 g/mol. The van der Waals surface area contributed by atoms with Crippen molar-refractivity contribution in [2.24, 2.45) is 5.92 Å². The number of piperidine rings is 1. The molecule has 5 rings (SSSR count). The number of amides is 1. The van der Waals surface area contributed by atoms with Gasteiger partial charge in [-0.3, -0.25) is 9.78 Å². The Morgan fingerprint density at radius 1 is 1.10 bits per heavy atom. The summed E-state index contributed by atoms with van der Waals surface area (Å²) in [6, 6.07) is 13.2. The van der Waals surface area contributed by atoms with Gasteiger partial charge in [0.05, 0.1) is 11.6 Å². The summed E-state index contributed by atoms with van der Waals surface area (Å²) in [6.07, 6.45) is 5.26. The van der Waals surface area contributed by atoms with E-state index in [1.165, 1.54) is 0 Å².